The van der Waals surface area contributed by atoms with Crippen molar-refractivity contribution in [1.82, 2.24) is 14.7 Å². The molecule has 2 heterocycles. The summed E-state index contributed by atoms with van der Waals surface area (Å²) < 4.78 is 31.4. The Labute approximate surface area is 204 Å². The summed E-state index contributed by atoms with van der Waals surface area (Å²) in [6.07, 6.45) is 2.22. The number of nitrogens with one attached hydrogen (secondary N) is 1. The molecule has 2 aromatic heterocycles. The molecule has 1 saturated carbocycles. The lowest BCUT2D eigenvalue weighted by Crippen LogP contribution is -2.46. The van der Waals surface area contributed by atoms with Crippen molar-refractivity contribution in [3.63, 3.8) is 0 Å². The number of halogens is 2. The Kier molecular flexibility index (Phi) is 5.72. The van der Waals surface area contributed by atoms with Gasteiger partial charge in [0.2, 0.25) is 0 Å². The molecule has 2 aromatic carbocycles. The summed E-state index contributed by atoms with van der Waals surface area (Å²) in [5.41, 5.74) is 1.71. The van der Waals surface area contributed by atoms with Crippen LogP contribution in [-0.4, -0.2) is 32.4 Å². The first-order valence-corrected chi connectivity index (χ1v) is 11.3. The summed E-state index contributed by atoms with van der Waals surface area (Å²) in [7, 11) is 0. The number of rotatable bonds is 5. The summed E-state index contributed by atoms with van der Waals surface area (Å²) in [6, 6.07) is 13.7. The highest BCUT2D eigenvalue weighted by molar-refractivity contribution is 5.96. The number of imidazole rings is 1. The Morgan fingerprint density at radius 3 is 2.58 bits per heavy atom. The van der Waals surface area contributed by atoms with Crippen molar-refractivity contribution in [2.24, 2.45) is 5.92 Å². The number of amides is 1. The number of aryl methyl sites for hydroxylation is 1. The molecule has 9 heteroatoms. The first kappa shape index (κ1) is 23.2. The van der Waals surface area contributed by atoms with Crippen LogP contribution in [0.4, 0.5) is 8.78 Å². The molecule has 0 spiro atoms. The van der Waals surface area contributed by atoms with Crippen molar-refractivity contribution in [3.05, 3.63) is 83.2 Å². The summed E-state index contributed by atoms with van der Waals surface area (Å²) in [5, 5.41) is 21.7. The predicted molar refractivity (Wildman–Crippen MR) is 127 cm³/mol. The van der Waals surface area contributed by atoms with Crippen LogP contribution < -0.4 is 5.32 Å². The fourth-order valence-corrected chi connectivity index (χ4v) is 4.50. The molecule has 4 aromatic rings. The van der Waals surface area contributed by atoms with Gasteiger partial charge in [0.1, 0.15) is 29.0 Å². The van der Waals surface area contributed by atoms with Gasteiger partial charge in [0, 0.05) is 28.9 Å². The van der Waals surface area contributed by atoms with E-state index in [4.69, 9.17) is 5.11 Å². The summed E-state index contributed by atoms with van der Waals surface area (Å²) in [5.74, 6) is -2.93. The lowest BCUT2D eigenvalue weighted by molar-refractivity contribution is -0.145. The van der Waals surface area contributed by atoms with Crippen LogP contribution in [0.1, 0.15) is 34.5 Å². The van der Waals surface area contributed by atoms with Gasteiger partial charge in [-0.25, -0.2) is 13.8 Å². The second kappa shape index (κ2) is 8.89. The molecule has 36 heavy (non-hydrogen) atoms. The highest BCUT2D eigenvalue weighted by atomic mass is 19.1. The molecule has 7 nitrogen and oxygen atoms in total. The SMILES string of the molecule is Cc1ccc(-c2cccc(F)c2-c2nc3cc(C(=O)NC4CC(C(=O)O)C4)ccn3c2C#N)c(F)c1. The topological polar surface area (TPSA) is 107 Å². The first-order valence-electron chi connectivity index (χ1n) is 11.3. The fraction of sp³-hybridized carbons (Fsp3) is 0.185. The molecular weight excluding hydrogens is 466 g/mol. The van der Waals surface area contributed by atoms with Crippen molar-refractivity contribution in [3.8, 4) is 28.5 Å². The molecule has 0 atom stereocenters. The monoisotopic (exact) mass is 486 g/mol. The normalized spacial score (nSPS) is 16.8. The molecule has 5 rings (SSSR count). The number of carbonyl (C=O) groups is 2. The van der Waals surface area contributed by atoms with E-state index in [1.165, 1.54) is 40.9 Å². The van der Waals surface area contributed by atoms with Crippen molar-refractivity contribution >= 4 is 17.5 Å². The molecule has 0 radical (unpaired) electrons. The van der Waals surface area contributed by atoms with Crippen LogP contribution in [0.5, 0.6) is 0 Å². The van der Waals surface area contributed by atoms with Gasteiger partial charge in [-0.2, -0.15) is 5.26 Å². The van der Waals surface area contributed by atoms with Crippen molar-refractivity contribution in [2.75, 3.05) is 0 Å². The molecule has 0 unspecified atom stereocenters. The van der Waals surface area contributed by atoms with Crippen molar-refractivity contribution < 1.29 is 23.5 Å². The van der Waals surface area contributed by atoms with Gasteiger partial charge in [-0.05, 0) is 55.2 Å². The number of nitrogens with zero attached hydrogens (tertiary/aromatic N) is 3. The van der Waals surface area contributed by atoms with E-state index >= 15 is 4.39 Å². The maximum absolute atomic E-state index is 15.2. The Hall–Kier alpha value is -4.58. The second-order valence-corrected chi connectivity index (χ2v) is 8.89. The van der Waals surface area contributed by atoms with E-state index in [0.29, 0.717) is 18.4 Å². The molecule has 1 amide bonds. The Morgan fingerprint density at radius 1 is 1.11 bits per heavy atom. The summed E-state index contributed by atoms with van der Waals surface area (Å²) >= 11 is 0. The maximum Gasteiger partial charge on any atom is 0.306 e. The highest BCUT2D eigenvalue weighted by Gasteiger charge is 2.35. The Bertz CT molecular complexity index is 1580. The average molecular weight is 486 g/mol. The number of fused-ring (bicyclic) bond motifs is 1. The number of nitriles is 1. The van der Waals surface area contributed by atoms with E-state index in [-0.39, 0.29) is 45.3 Å². The van der Waals surface area contributed by atoms with E-state index in [9.17, 15) is 19.2 Å². The third-order valence-corrected chi connectivity index (χ3v) is 6.48. The summed E-state index contributed by atoms with van der Waals surface area (Å²) in [4.78, 5) is 28.1. The van der Waals surface area contributed by atoms with Crippen LogP contribution in [-0.2, 0) is 4.79 Å². The number of carbonyl (C=O) groups excluding carboxylic acids is 1. The molecule has 2 N–H and O–H groups in total. The standard InChI is InChI=1S/C27H20F2N4O3/c1-14-5-6-18(21(29)9-14)19-3-2-4-20(28)24(19)25-22(13-30)33-8-7-15(12-23(33)32-25)26(34)31-17-10-16(11-17)27(35)36/h2-9,12,16-17H,10-11H2,1H3,(H,31,34)(H,35,36). The number of aliphatic carboxylic acids is 1. The van der Waals surface area contributed by atoms with Gasteiger partial charge >= 0.3 is 5.97 Å². The molecule has 0 aliphatic heterocycles. The van der Waals surface area contributed by atoms with E-state index in [2.05, 4.69) is 10.3 Å². The van der Waals surface area contributed by atoms with Crippen LogP contribution in [0.25, 0.3) is 28.0 Å². The van der Waals surface area contributed by atoms with Crippen LogP contribution >= 0.6 is 0 Å². The molecule has 1 aliphatic rings. The minimum absolute atomic E-state index is 0.0133. The fourth-order valence-electron chi connectivity index (χ4n) is 4.50. The zero-order valence-corrected chi connectivity index (χ0v) is 19.1. The molecule has 0 saturated heterocycles. The van der Waals surface area contributed by atoms with Crippen LogP contribution in [0, 0.1) is 35.8 Å². The zero-order chi connectivity index (χ0) is 25.6. The maximum atomic E-state index is 15.2. The van der Waals surface area contributed by atoms with Gasteiger partial charge < -0.3 is 10.4 Å². The number of benzene rings is 2. The van der Waals surface area contributed by atoms with Crippen LogP contribution in [0.3, 0.4) is 0 Å². The van der Waals surface area contributed by atoms with E-state index in [1.807, 2.05) is 6.07 Å². The number of carboxylic acids is 1. The molecule has 1 aliphatic carbocycles. The molecular formula is C27H20F2N4O3. The summed E-state index contributed by atoms with van der Waals surface area (Å²) in [6.45, 7) is 1.75. The number of aromatic nitrogens is 2. The number of pyridine rings is 1. The van der Waals surface area contributed by atoms with E-state index in [0.717, 1.165) is 0 Å². The zero-order valence-electron chi connectivity index (χ0n) is 19.1. The Balaban J connectivity index is 1.55. The van der Waals surface area contributed by atoms with Gasteiger partial charge in [0.25, 0.3) is 5.91 Å². The van der Waals surface area contributed by atoms with Gasteiger partial charge in [-0.1, -0.05) is 24.3 Å². The number of carboxylic acid groups (broad SMARTS) is 1. The van der Waals surface area contributed by atoms with Crippen molar-refractivity contribution in [1.29, 1.82) is 5.26 Å². The molecule has 180 valence electrons. The third-order valence-electron chi connectivity index (χ3n) is 6.48. The first-order chi connectivity index (χ1) is 17.3. The lowest BCUT2D eigenvalue weighted by Gasteiger charge is -2.32. The Morgan fingerprint density at radius 2 is 1.89 bits per heavy atom. The van der Waals surface area contributed by atoms with Gasteiger partial charge in [0.05, 0.1) is 5.92 Å². The van der Waals surface area contributed by atoms with Gasteiger partial charge in [-0.3, -0.25) is 14.0 Å². The quantitative estimate of drug-likeness (QED) is 0.425. The van der Waals surface area contributed by atoms with Gasteiger partial charge in [-0.15, -0.1) is 0 Å². The minimum Gasteiger partial charge on any atom is -0.481 e. The average Bonchev–Trinajstić information content (AvgIpc) is 3.17. The minimum atomic E-state index is -0.881. The van der Waals surface area contributed by atoms with E-state index < -0.39 is 29.4 Å². The predicted octanol–water partition coefficient (Wildman–Crippen LogP) is 4.72. The molecule has 0 bridgehead atoms. The smallest absolute Gasteiger partial charge is 0.306 e. The third kappa shape index (κ3) is 3.96. The largest absolute Gasteiger partial charge is 0.481 e. The van der Waals surface area contributed by atoms with Crippen molar-refractivity contribution in [2.45, 2.75) is 25.8 Å². The van der Waals surface area contributed by atoms with Crippen LogP contribution in [0.15, 0.2) is 54.7 Å². The van der Waals surface area contributed by atoms with Crippen LogP contribution in [0.2, 0.25) is 0 Å². The molecule has 1 fully saturated rings. The second-order valence-electron chi connectivity index (χ2n) is 8.89. The highest BCUT2D eigenvalue weighted by Crippen LogP contribution is 2.37. The lowest BCUT2D eigenvalue weighted by atomic mass is 9.80. The van der Waals surface area contributed by atoms with Gasteiger partial charge in [0.15, 0.2) is 5.69 Å². The van der Waals surface area contributed by atoms with E-state index in [1.54, 1.807) is 25.1 Å². The number of hydrogen-bond donors (Lipinski definition) is 2. The number of hydrogen-bond acceptors (Lipinski definition) is 4.